The molecule has 1 heterocycles. The maximum atomic E-state index is 14.7. The Morgan fingerprint density at radius 1 is 0.914 bits per heavy atom. The van der Waals surface area contributed by atoms with Crippen LogP contribution in [0.15, 0.2) is 48.6 Å². The van der Waals surface area contributed by atoms with E-state index in [4.69, 9.17) is 9.47 Å². The Bertz CT molecular complexity index is 953. The lowest BCUT2D eigenvalue weighted by atomic mass is 9.72. The number of benzene rings is 2. The van der Waals surface area contributed by atoms with Crippen LogP contribution in [0.4, 0.5) is 8.78 Å². The second-order valence-corrected chi connectivity index (χ2v) is 10.3. The summed E-state index contributed by atoms with van der Waals surface area (Å²) >= 11 is 0. The average molecular weight is 483 g/mol. The van der Waals surface area contributed by atoms with E-state index in [9.17, 15) is 8.78 Å². The van der Waals surface area contributed by atoms with Gasteiger partial charge in [-0.3, -0.25) is 0 Å². The van der Waals surface area contributed by atoms with E-state index in [0.717, 1.165) is 31.8 Å². The van der Waals surface area contributed by atoms with Crippen LogP contribution in [0.2, 0.25) is 0 Å². The van der Waals surface area contributed by atoms with E-state index in [1.165, 1.54) is 50.2 Å². The van der Waals surface area contributed by atoms with Gasteiger partial charge < -0.3 is 9.47 Å². The van der Waals surface area contributed by atoms with Gasteiger partial charge in [0.15, 0.2) is 11.6 Å². The highest BCUT2D eigenvalue weighted by Gasteiger charge is 2.31. The van der Waals surface area contributed by atoms with Gasteiger partial charge in [-0.25, -0.2) is 4.39 Å². The molecule has 0 radical (unpaired) electrons. The molecule has 1 saturated heterocycles. The zero-order valence-corrected chi connectivity index (χ0v) is 21.3. The highest BCUT2D eigenvalue weighted by Crippen LogP contribution is 2.42. The fourth-order valence-electron chi connectivity index (χ4n) is 5.81. The number of ether oxygens (including phenoxy) is 2. The van der Waals surface area contributed by atoms with Crippen molar-refractivity contribution >= 4 is 0 Å². The highest BCUT2D eigenvalue weighted by molar-refractivity contribution is 5.65. The molecule has 0 spiro atoms. The molecule has 0 N–H and O–H groups in total. The molecule has 2 fully saturated rings. The fraction of sp³-hybridized carbons (Fsp3) is 0.548. The van der Waals surface area contributed by atoms with Crippen LogP contribution in [-0.4, -0.2) is 19.3 Å². The zero-order valence-electron chi connectivity index (χ0n) is 21.3. The molecule has 1 aliphatic heterocycles. The van der Waals surface area contributed by atoms with E-state index in [1.54, 1.807) is 6.07 Å². The van der Waals surface area contributed by atoms with Crippen molar-refractivity contribution in [3.63, 3.8) is 0 Å². The molecule has 2 atom stereocenters. The third-order valence-corrected chi connectivity index (χ3v) is 7.94. The Kier molecular flexibility index (Phi) is 9.37. The monoisotopic (exact) mass is 482 g/mol. The van der Waals surface area contributed by atoms with Crippen molar-refractivity contribution in [1.29, 1.82) is 0 Å². The van der Waals surface area contributed by atoms with Gasteiger partial charge in [-0.05, 0) is 106 Å². The molecule has 4 heteroatoms. The second-order valence-electron chi connectivity index (χ2n) is 10.3. The van der Waals surface area contributed by atoms with Crippen LogP contribution >= 0.6 is 0 Å². The van der Waals surface area contributed by atoms with Crippen LogP contribution < -0.4 is 4.74 Å². The molecule has 190 valence electrons. The van der Waals surface area contributed by atoms with Gasteiger partial charge in [0.05, 0.1) is 19.3 Å². The predicted molar refractivity (Wildman–Crippen MR) is 139 cm³/mol. The van der Waals surface area contributed by atoms with Crippen molar-refractivity contribution < 1.29 is 18.3 Å². The lowest BCUT2D eigenvalue weighted by molar-refractivity contribution is -0.0401. The molecule has 2 unspecified atom stereocenters. The van der Waals surface area contributed by atoms with E-state index in [-0.39, 0.29) is 11.3 Å². The third kappa shape index (κ3) is 6.52. The maximum Gasteiger partial charge on any atom is 0.201 e. The molecule has 35 heavy (non-hydrogen) atoms. The molecule has 2 aromatic rings. The lowest BCUT2D eigenvalue weighted by Gasteiger charge is -2.38. The fourth-order valence-corrected chi connectivity index (χ4v) is 5.81. The maximum absolute atomic E-state index is 14.7. The number of allylic oxidation sites excluding steroid dienone is 2. The van der Waals surface area contributed by atoms with Crippen molar-refractivity contribution in [2.75, 3.05) is 13.2 Å². The van der Waals surface area contributed by atoms with Gasteiger partial charge in [0.2, 0.25) is 5.82 Å². The van der Waals surface area contributed by atoms with Crippen LogP contribution in [0.1, 0.15) is 83.1 Å². The van der Waals surface area contributed by atoms with Crippen molar-refractivity contribution in [3.8, 4) is 16.9 Å². The number of rotatable bonds is 9. The van der Waals surface area contributed by atoms with Gasteiger partial charge in [0.25, 0.3) is 0 Å². The Labute approximate surface area is 209 Å². The van der Waals surface area contributed by atoms with Gasteiger partial charge in [-0.2, -0.15) is 4.39 Å². The van der Waals surface area contributed by atoms with E-state index < -0.39 is 11.6 Å². The highest BCUT2D eigenvalue weighted by atomic mass is 19.2. The largest absolute Gasteiger partial charge is 0.490 e. The molecule has 4 rings (SSSR count). The topological polar surface area (TPSA) is 18.5 Å². The second kappa shape index (κ2) is 12.7. The van der Waals surface area contributed by atoms with Crippen LogP contribution in [0.25, 0.3) is 11.1 Å². The smallest absolute Gasteiger partial charge is 0.201 e. The summed E-state index contributed by atoms with van der Waals surface area (Å²) in [5.74, 6) is 0.254. The molecule has 1 aliphatic carbocycles. The van der Waals surface area contributed by atoms with E-state index >= 15 is 0 Å². The Balaban J connectivity index is 1.29. The summed E-state index contributed by atoms with van der Waals surface area (Å²) in [4.78, 5) is 0. The molecular formula is C31H40F2O2. The molecule has 2 nitrogen and oxygen atoms in total. The summed E-state index contributed by atoms with van der Waals surface area (Å²) in [5.41, 5.74) is 2.28. The zero-order chi connectivity index (χ0) is 24.6. The first kappa shape index (κ1) is 25.9. The normalized spacial score (nSPS) is 25.1. The summed E-state index contributed by atoms with van der Waals surface area (Å²) in [5, 5.41) is 0. The van der Waals surface area contributed by atoms with Gasteiger partial charge in [-0.15, -0.1) is 0 Å². The van der Waals surface area contributed by atoms with Gasteiger partial charge in [0, 0.05) is 5.56 Å². The standard InChI is InChI=1S/C31H40F2O2/c1-3-5-6-7-27-17-16-26(21-35-27)24-10-8-22(9-11-24)23-12-14-25(15-13-23)28-18-19-29(34-20-4-2)31(33)30(28)32/h3,5,12-15,18-19,22,24,26-27H,4,6-11,16-17,20-21H2,1-2H3. The summed E-state index contributed by atoms with van der Waals surface area (Å²) in [6.07, 6.45) is 15.2. The van der Waals surface area contributed by atoms with Gasteiger partial charge in [-0.1, -0.05) is 43.3 Å². The first-order valence-corrected chi connectivity index (χ1v) is 13.5. The Hall–Kier alpha value is -2.20. The predicted octanol–water partition coefficient (Wildman–Crippen LogP) is 8.85. The Morgan fingerprint density at radius 3 is 2.31 bits per heavy atom. The molecule has 2 aromatic carbocycles. The third-order valence-electron chi connectivity index (χ3n) is 7.94. The molecular weight excluding hydrogens is 442 g/mol. The molecule has 1 saturated carbocycles. The number of halogens is 2. The van der Waals surface area contributed by atoms with E-state index in [2.05, 4.69) is 31.2 Å². The SMILES string of the molecule is CC=CCCC1CCC(C2CCC(c3ccc(-c4ccc(OCCC)c(F)c4F)cc3)CC2)CO1. The molecule has 0 bridgehead atoms. The van der Waals surface area contributed by atoms with Gasteiger partial charge in [0.1, 0.15) is 0 Å². The molecule has 2 aliphatic rings. The number of hydrogen-bond donors (Lipinski definition) is 0. The summed E-state index contributed by atoms with van der Waals surface area (Å²) in [6, 6.07) is 11.2. The summed E-state index contributed by atoms with van der Waals surface area (Å²) < 4.78 is 40.6. The summed E-state index contributed by atoms with van der Waals surface area (Å²) in [6.45, 7) is 5.31. The average Bonchev–Trinajstić information content (AvgIpc) is 2.90. The minimum absolute atomic E-state index is 0.0194. The van der Waals surface area contributed by atoms with E-state index in [1.807, 2.05) is 19.1 Å². The van der Waals surface area contributed by atoms with Crippen molar-refractivity contribution in [1.82, 2.24) is 0 Å². The lowest BCUT2D eigenvalue weighted by Crippen LogP contribution is -2.32. The first-order valence-electron chi connectivity index (χ1n) is 13.5. The van der Waals surface area contributed by atoms with Crippen LogP contribution in [-0.2, 0) is 4.74 Å². The minimum atomic E-state index is -0.908. The van der Waals surface area contributed by atoms with Crippen LogP contribution in [0.3, 0.4) is 0 Å². The minimum Gasteiger partial charge on any atom is -0.490 e. The van der Waals surface area contributed by atoms with Crippen LogP contribution in [0, 0.1) is 23.5 Å². The van der Waals surface area contributed by atoms with Crippen molar-refractivity contribution in [2.24, 2.45) is 11.8 Å². The molecule has 0 amide bonds. The van der Waals surface area contributed by atoms with E-state index in [0.29, 0.717) is 30.1 Å². The quantitative estimate of drug-likeness (QED) is 0.332. The molecule has 0 aromatic heterocycles. The first-order chi connectivity index (χ1) is 17.1. The van der Waals surface area contributed by atoms with Crippen molar-refractivity contribution in [3.05, 3.63) is 65.7 Å². The van der Waals surface area contributed by atoms with Crippen LogP contribution in [0.5, 0.6) is 5.75 Å². The summed E-state index contributed by atoms with van der Waals surface area (Å²) in [7, 11) is 0. The van der Waals surface area contributed by atoms with Crippen molar-refractivity contribution in [2.45, 2.75) is 83.7 Å². The number of hydrogen-bond acceptors (Lipinski definition) is 2. The van der Waals surface area contributed by atoms with Gasteiger partial charge >= 0.3 is 0 Å². The Morgan fingerprint density at radius 2 is 1.66 bits per heavy atom.